The molecule has 0 unspecified atom stereocenters. The molecular formula is C34H29FN8O7. The number of rotatable bonds is 11. The van der Waals surface area contributed by atoms with Crippen LogP contribution in [0.3, 0.4) is 0 Å². The molecule has 16 heteroatoms. The number of hydrogen-bond donors (Lipinski definition) is 4. The summed E-state index contributed by atoms with van der Waals surface area (Å²) in [6.45, 7) is -0.0221. The third-order valence-electron chi connectivity index (χ3n) is 8.03. The number of tetrazole rings is 1. The number of aliphatic hydroxyl groups is 1. The van der Waals surface area contributed by atoms with Gasteiger partial charge in [-0.25, -0.2) is 4.39 Å². The van der Waals surface area contributed by atoms with Gasteiger partial charge >= 0.3 is 0 Å². The lowest BCUT2D eigenvalue weighted by atomic mass is 9.99. The van der Waals surface area contributed by atoms with Crippen molar-refractivity contribution in [1.29, 1.82) is 0 Å². The Balaban J connectivity index is 1.25. The molecule has 0 radical (unpaired) electrons. The Morgan fingerprint density at radius 2 is 1.78 bits per heavy atom. The van der Waals surface area contributed by atoms with Crippen LogP contribution in [0, 0.1) is 15.9 Å². The normalized spacial score (nSPS) is 15.2. The van der Waals surface area contributed by atoms with Gasteiger partial charge in [-0.15, -0.1) is 10.2 Å². The molecule has 1 aliphatic heterocycles. The molecule has 6 rings (SSSR count). The van der Waals surface area contributed by atoms with Crippen LogP contribution in [0.1, 0.15) is 37.9 Å². The van der Waals surface area contributed by atoms with Crippen LogP contribution in [0.4, 0.5) is 15.8 Å². The van der Waals surface area contributed by atoms with E-state index in [-0.39, 0.29) is 36.7 Å². The molecule has 0 spiro atoms. The van der Waals surface area contributed by atoms with E-state index in [0.717, 1.165) is 12.1 Å². The molecule has 2 heterocycles. The molecule has 0 aliphatic carbocycles. The summed E-state index contributed by atoms with van der Waals surface area (Å²) in [5, 5.41) is 42.1. The van der Waals surface area contributed by atoms with Gasteiger partial charge in [-0.05, 0) is 53.1 Å². The van der Waals surface area contributed by atoms with Crippen molar-refractivity contribution in [2.45, 2.75) is 24.6 Å². The minimum absolute atomic E-state index is 0.00917. The largest absolute Gasteiger partial charge is 0.381 e. The molecule has 5 aromatic rings. The fourth-order valence-electron chi connectivity index (χ4n) is 5.52. The van der Waals surface area contributed by atoms with E-state index in [9.17, 15) is 34.0 Å². The Bertz CT molecular complexity index is 2010. The molecule has 3 atom stereocenters. The molecule has 1 aliphatic rings. The average Bonchev–Trinajstić information content (AvgIpc) is 3.85. The standard InChI is InChI=1S/C34H29FN8O7/c35-25-11-9-21(10-12-25)29-18-50-19-42(29)34(47)24-14-23(16-27(17-24)43(48)49)32(45)37-28(13-20-5-2-1-3-6-20)30(44)33(46)36-26-8-4-7-22(15-26)31-38-40-41-39-31/h1-12,14-17,28-30,44H,13,18-19H2,(H,36,46)(H,37,45)(H,38,39,40,41)/t28-,29+,30-/m0/s1. The maximum atomic E-state index is 13.7. The van der Waals surface area contributed by atoms with Gasteiger partial charge in [0.25, 0.3) is 23.4 Å². The van der Waals surface area contributed by atoms with Gasteiger partial charge in [0, 0.05) is 34.5 Å². The summed E-state index contributed by atoms with van der Waals surface area (Å²) in [5.41, 5.74) is 1.19. The molecule has 4 aromatic carbocycles. The number of aliphatic hydroxyl groups excluding tert-OH is 1. The number of H-pyrrole nitrogens is 1. The van der Waals surface area contributed by atoms with E-state index in [4.69, 9.17) is 4.74 Å². The molecule has 1 saturated heterocycles. The van der Waals surface area contributed by atoms with Crippen molar-refractivity contribution in [2.24, 2.45) is 0 Å². The third kappa shape index (κ3) is 7.67. The van der Waals surface area contributed by atoms with E-state index in [1.165, 1.54) is 35.2 Å². The summed E-state index contributed by atoms with van der Waals surface area (Å²) in [4.78, 5) is 53.2. The molecule has 4 N–H and O–H groups in total. The van der Waals surface area contributed by atoms with Crippen LogP contribution in [-0.2, 0) is 16.0 Å². The number of ether oxygens (including phenoxy) is 1. The highest BCUT2D eigenvalue weighted by atomic mass is 19.1. The van der Waals surface area contributed by atoms with Crippen LogP contribution >= 0.6 is 0 Å². The summed E-state index contributed by atoms with van der Waals surface area (Å²) in [5.74, 6) is -2.54. The Morgan fingerprint density at radius 1 is 1.02 bits per heavy atom. The number of aromatic amines is 1. The third-order valence-corrected chi connectivity index (χ3v) is 8.03. The maximum absolute atomic E-state index is 13.7. The second-order valence-electron chi connectivity index (χ2n) is 11.4. The summed E-state index contributed by atoms with van der Waals surface area (Å²) in [6, 6.07) is 22.3. The second kappa shape index (κ2) is 14.8. The number of anilines is 1. The van der Waals surface area contributed by atoms with Crippen molar-refractivity contribution in [1.82, 2.24) is 30.8 Å². The van der Waals surface area contributed by atoms with Gasteiger partial charge in [0.05, 0.1) is 23.6 Å². The number of halogens is 1. The minimum atomic E-state index is -1.79. The number of benzene rings is 4. The van der Waals surface area contributed by atoms with Crippen molar-refractivity contribution in [3.05, 3.63) is 135 Å². The summed E-state index contributed by atoms with van der Waals surface area (Å²) in [6.07, 6.45) is -1.78. The first-order valence-electron chi connectivity index (χ1n) is 15.3. The molecule has 50 heavy (non-hydrogen) atoms. The van der Waals surface area contributed by atoms with Crippen molar-refractivity contribution >= 4 is 29.1 Å². The number of nitro groups is 1. The molecule has 3 amide bonds. The van der Waals surface area contributed by atoms with Gasteiger partial charge < -0.3 is 25.4 Å². The zero-order chi connectivity index (χ0) is 35.2. The van der Waals surface area contributed by atoms with Crippen LogP contribution in [0.2, 0.25) is 0 Å². The van der Waals surface area contributed by atoms with Gasteiger partial charge in [-0.1, -0.05) is 54.6 Å². The molecular weight excluding hydrogens is 651 g/mol. The number of nitrogens with one attached hydrogen (secondary N) is 3. The fraction of sp³-hybridized carbons (Fsp3) is 0.176. The highest BCUT2D eigenvalue weighted by molar-refractivity contribution is 6.01. The van der Waals surface area contributed by atoms with Gasteiger partial charge in [-0.2, -0.15) is 5.21 Å². The summed E-state index contributed by atoms with van der Waals surface area (Å²) < 4.78 is 19.0. The fourth-order valence-corrected chi connectivity index (χ4v) is 5.52. The second-order valence-corrected chi connectivity index (χ2v) is 11.4. The monoisotopic (exact) mass is 680 g/mol. The van der Waals surface area contributed by atoms with Crippen LogP contribution in [0.25, 0.3) is 11.4 Å². The lowest BCUT2D eigenvalue weighted by Gasteiger charge is -2.25. The van der Waals surface area contributed by atoms with E-state index in [2.05, 4.69) is 31.3 Å². The highest BCUT2D eigenvalue weighted by Crippen LogP contribution is 2.29. The van der Waals surface area contributed by atoms with Crippen molar-refractivity contribution in [3.8, 4) is 11.4 Å². The van der Waals surface area contributed by atoms with Gasteiger partial charge in [0.15, 0.2) is 6.10 Å². The minimum Gasteiger partial charge on any atom is -0.381 e. The van der Waals surface area contributed by atoms with Gasteiger partial charge in [0.1, 0.15) is 12.5 Å². The zero-order valence-corrected chi connectivity index (χ0v) is 26.1. The quantitative estimate of drug-likeness (QED) is 0.118. The Kier molecular flexibility index (Phi) is 9.92. The number of non-ortho nitro benzene ring substituents is 1. The van der Waals surface area contributed by atoms with Crippen LogP contribution in [0.15, 0.2) is 97.1 Å². The Labute approximate surface area is 283 Å². The van der Waals surface area contributed by atoms with E-state index < -0.39 is 52.3 Å². The predicted molar refractivity (Wildman–Crippen MR) is 175 cm³/mol. The van der Waals surface area contributed by atoms with Crippen LogP contribution < -0.4 is 10.6 Å². The molecule has 1 fully saturated rings. The average molecular weight is 681 g/mol. The first kappa shape index (κ1) is 33.5. The molecule has 0 saturated carbocycles. The van der Waals surface area contributed by atoms with E-state index >= 15 is 0 Å². The Morgan fingerprint density at radius 3 is 2.50 bits per heavy atom. The number of carbonyl (C=O) groups is 3. The topological polar surface area (TPSA) is 206 Å². The van der Waals surface area contributed by atoms with E-state index in [1.807, 2.05) is 0 Å². The lowest BCUT2D eigenvalue weighted by Crippen LogP contribution is -2.50. The van der Waals surface area contributed by atoms with Crippen LogP contribution in [-0.4, -0.2) is 78.8 Å². The highest BCUT2D eigenvalue weighted by Gasteiger charge is 2.34. The SMILES string of the molecule is O=C(N[C@@H](Cc1ccccc1)[C@H](O)C(=O)Nc1cccc(-c2nn[nH]n2)c1)c1cc(C(=O)N2COC[C@@H]2c2ccc(F)cc2)cc([N+](=O)[O-])c1. The number of nitro benzene ring substituents is 1. The van der Waals surface area contributed by atoms with Crippen molar-refractivity contribution < 1.29 is 33.5 Å². The predicted octanol–water partition coefficient (Wildman–Crippen LogP) is 3.43. The zero-order valence-electron chi connectivity index (χ0n) is 26.1. The number of aromatic nitrogens is 4. The number of hydrogen-bond acceptors (Lipinski definition) is 10. The van der Waals surface area contributed by atoms with E-state index in [0.29, 0.717) is 22.4 Å². The molecule has 15 nitrogen and oxygen atoms in total. The van der Waals surface area contributed by atoms with E-state index in [1.54, 1.807) is 54.6 Å². The maximum Gasteiger partial charge on any atom is 0.271 e. The molecule has 254 valence electrons. The van der Waals surface area contributed by atoms with Crippen molar-refractivity contribution in [2.75, 3.05) is 18.7 Å². The number of amides is 3. The van der Waals surface area contributed by atoms with Gasteiger partial charge in [-0.3, -0.25) is 24.5 Å². The van der Waals surface area contributed by atoms with Crippen molar-refractivity contribution in [3.63, 3.8) is 0 Å². The first-order chi connectivity index (χ1) is 24.2. The molecule has 1 aromatic heterocycles. The lowest BCUT2D eigenvalue weighted by molar-refractivity contribution is -0.384. The Hall–Kier alpha value is -6.39. The van der Waals surface area contributed by atoms with Gasteiger partial charge in [0.2, 0.25) is 5.82 Å². The summed E-state index contributed by atoms with van der Waals surface area (Å²) >= 11 is 0. The number of carbonyl (C=O) groups excluding carboxylic acids is 3. The smallest absolute Gasteiger partial charge is 0.271 e. The van der Waals surface area contributed by atoms with Crippen LogP contribution in [0.5, 0.6) is 0 Å². The number of nitrogens with zero attached hydrogens (tertiary/aromatic N) is 5. The molecule has 0 bridgehead atoms. The first-order valence-corrected chi connectivity index (χ1v) is 15.3. The summed E-state index contributed by atoms with van der Waals surface area (Å²) in [7, 11) is 0.